The van der Waals surface area contributed by atoms with E-state index in [0.717, 1.165) is 33.4 Å². The number of benzene rings is 1. The van der Waals surface area contributed by atoms with E-state index in [4.69, 9.17) is 4.42 Å². The van der Waals surface area contributed by atoms with Gasteiger partial charge < -0.3 is 9.73 Å². The molecular weight excluding hydrogens is 318 g/mol. The van der Waals surface area contributed by atoms with Crippen LogP contribution in [0.15, 0.2) is 45.4 Å². The van der Waals surface area contributed by atoms with E-state index in [2.05, 4.69) is 45.4 Å². The lowest BCUT2D eigenvalue weighted by Crippen LogP contribution is -2.21. The molecule has 20 heavy (non-hydrogen) atoms. The molecule has 0 aliphatic heterocycles. The van der Waals surface area contributed by atoms with Crippen molar-refractivity contribution in [2.75, 3.05) is 7.05 Å². The summed E-state index contributed by atoms with van der Waals surface area (Å²) in [7, 11) is 1.93. The maximum absolute atomic E-state index is 5.97. The van der Waals surface area contributed by atoms with Gasteiger partial charge in [-0.2, -0.15) is 5.10 Å². The molecule has 0 spiro atoms. The van der Waals surface area contributed by atoms with Gasteiger partial charge in [0, 0.05) is 11.9 Å². The van der Waals surface area contributed by atoms with Crippen LogP contribution in [-0.4, -0.2) is 16.8 Å². The van der Waals surface area contributed by atoms with Crippen molar-refractivity contribution in [3.63, 3.8) is 0 Å². The lowest BCUT2D eigenvalue weighted by atomic mass is 10.1. The largest absolute Gasteiger partial charge is 0.459 e. The third-order valence-electron chi connectivity index (χ3n) is 3.42. The first-order valence-corrected chi connectivity index (χ1v) is 7.40. The molecule has 0 aliphatic carbocycles. The zero-order valence-electron chi connectivity index (χ0n) is 11.4. The van der Waals surface area contributed by atoms with Crippen molar-refractivity contribution in [2.45, 2.75) is 19.5 Å². The van der Waals surface area contributed by atoms with Gasteiger partial charge in [-0.05, 0) is 42.0 Å². The van der Waals surface area contributed by atoms with Gasteiger partial charge in [-0.15, -0.1) is 0 Å². The summed E-state index contributed by atoms with van der Waals surface area (Å²) in [6, 6.07) is 10.1. The zero-order chi connectivity index (χ0) is 14.1. The molecule has 1 unspecified atom stereocenters. The first-order valence-electron chi connectivity index (χ1n) is 6.61. The first-order chi connectivity index (χ1) is 9.74. The number of furan rings is 1. The number of hydrogen-bond acceptors (Lipinski definition) is 3. The van der Waals surface area contributed by atoms with Crippen LogP contribution in [0.4, 0.5) is 0 Å². The second kappa shape index (κ2) is 5.42. The summed E-state index contributed by atoms with van der Waals surface area (Å²) in [5.41, 5.74) is 1.98. The van der Waals surface area contributed by atoms with Crippen LogP contribution < -0.4 is 5.32 Å². The second-order valence-corrected chi connectivity index (χ2v) is 5.46. The van der Waals surface area contributed by atoms with Crippen LogP contribution in [0.3, 0.4) is 0 Å². The Hall–Kier alpha value is -1.59. The fourth-order valence-corrected chi connectivity index (χ4v) is 2.99. The predicted molar refractivity (Wildman–Crippen MR) is 82.7 cm³/mol. The van der Waals surface area contributed by atoms with E-state index < -0.39 is 0 Å². The van der Waals surface area contributed by atoms with Crippen molar-refractivity contribution < 1.29 is 4.42 Å². The molecule has 2 heterocycles. The van der Waals surface area contributed by atoms with E-state index in [0.29, 0.717) is 0 Å². The maximum atomic E-state index is 5.97. The number of nitrogens with one attached hydrogen (secondary N) is 1. The Bertz CT molecular complexity index is 699. The van der Waals surface area contributed by atoms with Crippen molar-refractivity contribution in [1.29, 1.82) is 0 Å². The summed E-state index contributed by atoms with van der Waals surface area (Å²) in [5, 5.41) is 8.80. The van der Waals surface area contributed by atoms with Crippen LogP contribution in [0.25, 0.3) is 11.0 Å². The van der Waals surface area contributed by atoms with Crippen molar-refractivity contribution in [2.24, 2.45) is 0 Å². The normalized spacial score (nSPS) is 12.9. The molecule has 0 aliphatic rings. The van der Waals surface area contributed by atoms with Gasteiger partial charge in [0.15, 0.2) is 0 Å². The second-order valence-electron chi connectivity index (χ2n) is 4.60. The Balaban J connectivity index is 2.11. The monoisotopic (exact) mass is 333 g/mol. The Kier molecular flexibility index (Phi) is 3.63. The molecule has 3 aromatic rings. The molecule has 3 rings (SSSR count). The highest BCUT2D eigenvalue weighted by Gasteiger charge is 2.23. The maximum Gasteiger partial charge on any atom is 0.134 e. The Morgan fingerprint density at radius 2 is 2.20 bits per heavy atom. The van der Waals surface area contributed by atoms with Crippen LogP contribution in [-0.2, 0) is 6.54 Å². The summed E-state index contributed by atoms with van der Waals surface area (Å²) in [6.07, 6.45) is 1.83. The number of para-hydroxylation sites is 1. The lowest BCUT2D eigenvalue weighted by Gasteiger charge is -2.16. The van der Waals surface area contributed by atoms with Gasteiger partial charge in [-0.1, -0.05) is 18.2 Å². The number of halogens is 1. The summed E-state index contributed by atoms with van der Waals surface area (Å²) < 4.78 is 8.93. The van der Waals surface area contributed by atoms with E-state index in [1.807, 2.05) is 36.1 Å². The molecule has 1 N–H and O–H groups in total. The summed E-state index contributed by atoms with van der Waals surface area (Å²) in [4.78, 5) is 0. The van der Waals surface area contributed by atoms with Gasteiger partial charge in [-0.3, -0.25) is 4.68 Å². The van der Waals surface area contributed by atoms with Crippen LogP contribution in [0.5, 0.6) is 0 Å². The highest BCUT2D eigenvalue weighted by molar-refractivity contribution is 9.10. The minimum Gasteiger partial charge on any atom is -0.459 e. The topological polar surface area (TPSA) is 43.0 Å². The minimum absolute atomic E-state index is 0.0285. The number of aromatic nitrogens is 2. The van der Waals surface area contributed by atoms with Gasteiger partial charge in [0.25, 0.3) is 0 Å². The SMILES string of the molecule is CCn1ncc(Br)c1C(NC)c1cc2ccccc2o1. The van der Waals surface area contributed by atoms with Gasteiger partial charge >= 0.3 is 0 Å². The minimum atomic E-state index is -0.0285. The van der Waals surface area contributed by atoms with E-state index >= 15 is 0 Å². The molecule has 0 bridgehead atoms. The molecule has 0 amide bonds. The van der Waals surface area contributed by atoms with Gasteiger partial charge in [0.05, 0.1) is 16.4 Å². The average Bonchev–Trinajstić information content (AvgIpc) is 3.04. The van der Waals surface area contributed by atoms with Gasteiger partial charge in [0.1, 0.15) is 17.4 Å². The molecule has 1 atom stereocenters. The molecule has 5 heteroatoms. The van der Waals surface area contributed by atoms with Gasteiger partial charge in [-0.25, -0.2) is 0 Å². The number of aryl methyl sites for hydroxylation is 1. The molecule has 0 saturated carbocycles. The number of nitrogens with zero attached hydrogens (tertiary/aromatic N) is 2. The molecular formula is C15H16BrN3O. The predicted octanol–water partition coefficient (Wildman–Crippen LogP) is 3.72. The summed E-state index contributed by atoms with van der Waals surface area (Å²) in [5.74, 6) is 0.893. The highest BCUT2D eigenvalue weighted by atomic mass is 79.9. The number of rotatable bonds is 4. The number of fused-ring (bicyclic) bond motifs is 1. The van der Waals surface area contributed by atoms with Crippen LogP contribution in [0, 0.1) is 0 Å². The Morgan fingerprint density at radius 3 is 2.90 bits per heavy atom. The fraction of sp³-hybridized carbons (Fsp3) is 0.267. The molecule has 1 aromatic carbocycles. The van der Waals surface area contributed by atoms with E-state index in [1.165, 1.54) is 0 Å². The molecule has 104 valence electrons. The van der Waals surface area contributed by atoms with Crippen molar-refractivity contribution >= 4 is 26.9 Å². The average molecular weight is 334 g/mol. The van der Waals surface area contributed by atoms with Crippen molar-refractivity contribution in [3.8, 4) is 0 Å². The smallest absolute Gasteiger partial charge is 0.134 e. The lowest BCUT2D eigenvalue weighted by molar-refractivity contribution is 0.464. The molecule has 4 nitrogen and oxygen atoms in total. The molecule has 2 aromatic heterocycles. The summed E-state index contributed by atoms with van der Waals surface area (Å²) in [6.45, 7) is 2.90. The van der Waals surface area contributed by atoms with Crippen molar-refractivity contribution in [3.05, 3.63) is 52.5 Å². The first kappa shape index (κ1) is 13.4. The molecule has 0 saturated heterocycles. The van der Waals surface area contributed by atoms with Crippen molar-refractivity contribution in [1.82, 2.24) is 15.1 Å². The fourth-order valence-electron chi connectivity index (χ4n) is 2.47. The Morgan fingerprint density at radius 1 is 1.40 bits per heavy atom. The highest BCUT2D eigenvalue weighted by Crippen LogP contribution is 2.31. The van der Waals surface area contributed by atoms with Crippen LogP contribution in [0.2, 0.25) is 0 Å². The summed E-state index contributed by atoms with van der Waals surface area (Å²) >= 11 is 3.58. The van der Waals surface area contributed by atoms with E-state index in [9.17, 15) is 0 Å². The van der Waals surface area contributed by atoms with Gasteiger partial charge in [0.2, 0.25) is 0 Å². The molecule has 0 fully saturated rings. The standard InChI is InChI=1S/C15H16BrN3O/c1-3-19-15(11(16)9-18-19)14(17-2)13-8-10-6-4-5-7-12(10)20-13/h4-9,14,17H,3H2,1-2H3. The zero-order valence-corrected chi connectivity index (χ0v) is 13.0. The van der Waals surface area contributed by atoms with E-state index in [-0.39, 0.29) is 6.04 Å². The molecule has 0 radical (unpaired) electrons. The third kappa shape index (κ3) is 2.17. The quantitative estimate of drug-likeness (QED) is 0.791. The Labute approximate surface area is 125 Å². The van der Waals surface area contributed by atoms with Crippen LogP contribution in [0.1, 0.15) is 24.4 Å². The van der Waals surface area contributed by atoms with Crippen LogP contribution >= 0.6 is 15.9 Å². The van der Waals surface area contributed by atoms with E-state index in [1.54, 1.807) is 0 Å². The third-order valence-corrected chi connectivity index (χ3v) is 4.03. The number of hydrogen-bond donors (Lipinski definition) is 1.